The number of anilines is 1. The number of aryl methyl sites for hydroxylation is 1. The van der Waals surface area contributed by atoms with Gasteiger partial charge >= 0.3 is 6.03 Å². The van der Waals surface area contributed by atoms with Gasteiger partial charge in [0.1, 0.15) is 12.2 Å². The van der Waals surface area contributed by atoms with Crippen molar-refractivity contribution in [2.24, 2.45) is 13.0 Å². The first-order valence-corrected chi connectivity index (χ1v) is 7.89. The predicted molar refractivity (Wildman–Crippen MR) is 91.8 cm³/mol. The van der Waals surface area contributed by atoms with Gasteiger partial charge in [-0.2, -0.15) is 5.10 Å². The molecule has 0 bridgehead atoms. The molecule has 1 aromatic heterocycles. The van der Waals surface area contributed by atoms with Crippen molar-refractivity contribution in [3.05, 3.63) is 42.0 Å². The molecule has 1 atom stereocenters. The molecule has 128 valence electrons. The standard InChI is InChI=1S/C17H23N5O2/c1-11(2)9-15(16-18-10-19-22(16)4)21-17(24)20-14-7-5-13(6-8-14)12(3)23/h5-8,10-11,15H,9H2,1-4H3,(H2,20,21,24)/t15-/m1/s1. The zero-order valence-corrected chi connectivity index (χ0v) is 14.4. The van der Waals surface area contributed by atoms with Gasteiger partial charge in [0, 0.05) is 18.3 Å². The van der Waals surface area contributed by atoms with Crippen LogP contribution in [0.25, 0.3) is 0 Å². The first kappa shape index (κ1) is 17.7. The maximum Gasteiger partial charge on any atom is 0.319 e. The summed E-state index contributed by atoms with van der Waals surface area (Å²) in [4.78, 5) is 27.8. The number of amides is 2. The fraction of sp³-hybridized carbons (Fsp3) is 0.412. The number of carbonyl (C=O) groups is 2. The molecule has 2 N–H and O–H groups in total. The lowest BCUT2D eigenvalue weighted by Crippen LogP contribution is -2.34. The van der Waals surface area contributed by atoms with E-state index in [9.17, 15) is 9.59 Å². The highest BCUT2D eigenvalue weighted by atomic mass is 16.2. The van der Waals surface area contributed by atoms with E-state index in [4.69, 9.17) is 0 Å². The topological polar surface area (TPSA) is 88.9 Å². The first-order valence-electron chi connectivity index (χ1n) is 7.89. The van der Waals surface area contributed by atoms with Crippen LogP contribution in [0, 0.1) is 5.92 Å². The summed E-state index contributed by atoms with van der Waals surface area (Å²) in [6, 6.07) is 6.23. The van der Waals surface area contributed by atoms with Gasteiger partial charge in [0.15, 0.2) is 5.78 Å². The summed E-state index contributed by atoms with van der Waals surface area (Å²) in [5, 5.41) is 9.78. The molecule has 1 aromatic carbocycles. The Bertz CT molecular complexity index is 706. The van der Waals surface area contributed by atoms with E-state index >= 15 is 0 Å². The molecular weight excluding hydrogens is 306 g/mol. The van der Waals surface area contributed by atoms with Crippen LogP contribution in [0.2, 0.25) is 0 Å². The van der Waals surface area contributed by atoms with E-state index in [1.807, 2.05) is 0 Å². The molecule has 2 aromatic rings. The zero-order valence-electron chi connectivity index (χ0n) is 14.4. The van der Waals surface area contributed by atoms with Crippen LogP contribution in [-0.4, -0.2) is 26.6 Å². The molecule has 1 heterocycles. The van der Waals surface area contributed by atoms with E-state index < -0.39 is 0 Å². The van der Waals surface area contributed by atoms with E-state index in [-0.39, 0.29) is 17.9 Å². The molecule has 0 saturated heterocycles. The number of aromatic nitrogens is 3. The number of Topliss-reactive ketones (excluding diaryl/α,β-unsaturated/α-hetero) is 1. The lowest BCUT2D eigenvalue weighted by molar-refractivity contribution is 0.101. The summed E-state index contributed by atoms with van der Waals surface area (Å²) in [5.41, 5.74) is 1.23. The minimum Gasteiger partial charge on any atom is -0.328 e. The highest BCUT2D eigenvalue weighted by Crippen LogP contribution is 2.19. The SMILES string of the molecule is CC(=O)c1ccc(NC(=O)N[C@H](CC(C)C)c2ncnn2C)cc1. The smallest absolute Gasteiger partial charge is 0.319 e. The quantitative estimate of drug-likeness (QED) is 0.798. The van der Waals surface area contributed by atoms with Gasteiger partial charge in [-0.3, -0.25) is 9.48 Å². The Morgan fingerprint density at radius 1 is 1.21 bits per heavy atom. The van der Waals surface area contributed by atoms with Gasteiger partial charge in [0.25, 0.3) is 0 Å². The Morgan fingerprint density at radius 2 is 1.88 bits per heavy atom. The Morgan fingerprint density at radius 3 is 2.38 bits per heavy atom. The van der Waals surface area contributed by atoms with Crippen LogP contribution >= 0.6 is 0 Å². The van der Waals surface area contributed by atoms with Gasteiger partial charge in [0.2, 0.25) is 0 Å². The van der Waals surface area contributed by atoms with Gasteiger partial charge in [-0.25, -0.2) is 9.78 Å². The van der Waals surface area contributed by atoms with E-state index in [1.54, 1.807) is 36.0 Å². The fourth-order valence-corrected chi connectivity index (χ4v) is 2.43. The average molecular weight is 329 g/mol. The normalized spacial score (nSPS) is 12.0. The van der Waals surface area contributed by atoms with Crippen molar-refractivity contribution in [1.82, 2.24) is 20.1 Å². The second-order valence-corrected chi connectivity index (χ2v) is 6.16. The second kappa shape index (κ2) is 7.72. The highest BCUT2D eigenvalue weighted by Gasteiger charge is 2.20. The minimum atomic E-state index is -0.320. The van der Waals surface area contributed by atoms with Gasteiger partial charge in [0.05, 0.1) is 6.04 Å². The molecule has 0 radical (unpaired) electrons. The monoisotopic (exact) mass is 329 g/mol. The van der Waals surface area contributed by atoms with Crippen LogP contribution in [0.1, 0.15) is 49.4 Å². The summed E-state index contributed by atoms with van der Waals surface area (Å²) in [6.45, 7) is 5.68. The zero-order chi connectivity index (χ0) is 17.7. The van der Waals surface area contributed by atoms with Crippen molar-refractivity contribution in [3.8, 4) is 0 Å². The number of hydrogen-bond donors (Lipinski definition) is 2. The van der Waals surface area contributed by atoms with Crippen LogP contribution in [0.15, 0.2) is 30.6 Å². The molecular formula is C17H23N5O2. The summed E-state index contributed by atoms with van der Waals surface area (Å²) >= 11 is 0. The Labute approximate surface area is 141 Å². The maximum absolute atomic E-state index is 12.3. The molecule has 0 spiro atoms. The molecule has 24 heavy (non-hydrogen) atoms. The van der Waals surface area contributed by atoms with Crippen LogP contribution in [-0.2, 0) is 7.05 Å². The van der Waals surface area contributed by atoms with Crippen LogP contribution in [0.4, 0.5) is 10.5 Å². The Hall–Kier alpha value is -2.70. The average Bonchev–Trinajstić information content (AvgIpc) is 2.92. The van der Waals surface area contributed by atoms with Crippen molar-refractivity contribution >= 4 is 17.5 Å². The number of urea groups is 1. The third kappa shape index (κ3) is 4.65. The van der Waals surface area contributed by atoms with Crippen molar-refractivity contribution in [2.75, 3.05) is 5.32 Å². The molecule has 0 saturated carbocycles. The van der Waals surface area contributed by atoms with Crippen molar-refractivity contribution in [2.45, 2.75) is 33.2 Å². The largest absolute Gasteiger partial charge is 0.328 e. The molecule has 0 aliphatic carbocycles. The Balaban J connectivity index is 2.04. The molecule has 0 aliphatic heterocycles. The summed E-state index contributed by atoms with van der Waals surface area (Å²) in [5.74, 6) is 1.10. The minimum absolute atomic E-state index is 0.00900. The van der Waals surface area contributed by atoms with E-state index in [0.29, 0.717) is 23.0 Å². The van der Waals surface area contributed by atoms with Gasteiger partial charge in [-0.1, -0.05) is 13.8 Å². The van der Waals surface area contributed by atoms with E-state index in [2.05, 4.69) is 34.6 Å². The molecule has 0 unspecified atom stereocenters. The third-order valence-corrected chi connectivity index (χ3v) is 3.62. The number of ketones is 1. The summed E-state index contributed by atoms with van der Waals surface area (Å²) in [7, 11) is 1.80. The third-order valence-electron chi connectivity index (χ3n) is 3.62. The van der Waals surface area contributed by atoms with E-state index in [0.717, 1.165) is 6.42 Å². The van der Waals surface area contributed by atoms with Gasteiger partial charge < -0.3 is 10.6 Å². The van der Waals surface area contributed by atoms with Crippen molar-refractivity contribution in [3.63, 3.8) is 0 Å². The molecule has 2 amide bonds. The Kier molecular flexibility index (Phi) is 5.68. The maximum atomic E-state index is 12.3. The van der Waals surface area contributed by atoms with Gasteiger partial charge in [-0.15, -0.1) is 0 Å². The molecule has 0 aliphatic rings. The second-order valence-electron chi connectivity index (χ2n) is 6.16. The van der Waals surface area contributed by atoms with Crippen molar-refractivity contribution in [1.29, 1.82) is 0 Å². The predicted octanol–water partition coefficient (Wildman–Crippen LogP) is 2.93. The number of hydrogen-bond acceptors (Lipinski definition) is 4. The molecule has 7 nitrogen and oxygen atoms in total. The summed E-state index contributed by atoms with van der Waals surface area (Å²) in [6.07, 6.45) is 2.23. The number of rotatable bonds is 6. The molecule has 2 rings (SSSR count). The van der Waals surface area contributed by atoms with Crippen LogP contribution in [0.3, 0.4) is 0 Å². The number of benzene rings is 1. The molecule has 0 fully saturated rings. The lowest BCUT2D eigenvalue weighted by Gasteiger charge is -2.20. The lowest BCUT2D eigenvalue weighted by atomic mass is 10.0. The molecule has 7 heteroatoms. The van der Waals surface area contributed by atoms with E-state index in [1.165, 1.54) is 13.3 Å². The fourth-order valence-electron chi connectivity index (χ4n) is 2.43. The first-order chi connectivity index (χ1) is 11.4. The number of carbonyl (C=O) groups excluding carboxylic acids is 2. The van der Waals surface area contributed by atoms with Crippen LogP contribution in [0.5, 0.6) is 0 Å². The highest BCUT2D eigenvalue weighted by molar-refractivity contribution is 5.95. The summed E-state index contributed by atoms with van der Waals surface area (Å²) < 4.78 is 1.66. The number of nitrogens with one attached hydrogen (secondary N) is 2. The van der Waals surface area contributed by atoms with Gasteiger partial charge in [-0.05, 0) is 43.5 Å². The van der Waals surface area contributed by atoms with Crippen LogP contribution < -0.4 is 10.6 Å². The number of nitrogens with zero attached hydrogens (tertiary/aromatic N) is 3. The van der Waals surface area contributed by atoms with Crippen molar-refractivity contribution < 1.29 is 9.59 Å².